The highest BCUT2D eigenvalue weighted by atomic mass is 32.2. The predicted octanol–water partition coefficient (Wildman–Crippen LogP) is 2.92. The zero-order valence-corrected chi connectivity index (χ0v) is 15.4. The van der Waals surface area contributed by atoms with E-state index in [4.69, 9.17) is 4.74 Å². The minimum absolute atomic E-state index is 0.00120. The molecule has 0 bridgehead atoms. The summed E-state index contributed by atoms with van der Waals surface area (Å²) in [7, 11) is -3.61. The first-order chi connectivity index (χ1) is 12.4. The van der Waals surface area contributed by atoms with Gasteiger partial charge in [-0.15, -0.1) is 0 Å². The lowest BCUT2D eigenvalue weighted by molar-refractivity contribution is 0.0507. The summed E-state index contributed by atoms with van der Waals surface area (Å²) in [5, 5.41) is 0.958. The van der Waals surface area contributed by atoms with Crippen molar-refractivity contribution in [1.82, 2.24) is 9.71 Å². The van der Waals surface area contributed by atoms with Gasteiger partial charge in [0.05, 0.1) is 4.90 Å². The molecule has 1 aromatic heterocycles. The second-order valence-electron chi connectivity index (χ2n) is 6.07. The molecule has 2 aromatic carbocycles. The molecule has 0 aliphatic carbocycles. The molecule has 3 aromatic rings. The maximum atomic E-state index is 12.2. The van der Waals surface area contributed by atoms with Crippen LogP contribution in [0.5, 0.6) is 0 Å². The molecule has 0 amide bonds. The van der Waals surface area contributed by atoms with Crippen molar-refractivity contribution in [1.29, 1.82) is 0 Å². The fourth-order valence-corrected chi connectivity index (χ4v) is 3.63. The van der Waals surface area contributed by atoms with Gasteiger partial charge in [0.25, 0.3) is 0 Å². The van der Waals surface area contributed by atoms with Gasteiger partial charge in [-0.05, 0) is 43.7 Å². The zero-order valence-electron chi connectivity index (χ0n) is 14.6. The van der Waals surface area contributed by atoms with Gasteiger partial charge in [0.15, 0.2) is 0 Å². The van der Waals surface area contributed by atoms with Gasteiger partial charge in [-0.2, -0.15) is 0 Å². The largest absolute Gasteiger partial charge is 0.460 e. The van der Waals surface area contributed by atoms with Crippen LogP contribution in [-0.4, -0.2) is 32.5 Å². The average Bonchev–Trinajstić information content (AvgIpc) is 3.05. The molecule has 136 valence electrons. The van der Waals surface area contributed by atoms with Crippen LogP contribution in [0.2, 0.25) is 0 Å². The number of hydrogen-bond donors (Lipinski definition) is 2. The summed E-state index contributed by atoms with van der Waals surface area (Å²) in [5.74, 6) is -0.518. The summed E-state index contributed by atoms with van der Waals surface area (Å²) in [5.41, 5.74) is 3.24. The van der Waals surface area contributed by atoms with Gasteiger partial charge >= 0.3 is 5.97 Å². The van der Waals surface area contributed by atoms with Crippen molar-refractivity contribution in [2.45, 2.75) is 18.7 Å². The minimum atomic E-state index is -3.61. The molecule has 0 spiro atoms. The Morgan fingerprint density at radius 3 is 2.54 bits per heavy atom. The van der Waals surface area contributed by atoms with Crippen molar-refractivity contribution >= 4 is 26.9 Å². The second-order valence-corrected chi connectivity index (χ2v) is 7.83. The number of aryl methyl sites for hydroxylation is 2. The molecule has 1 heterocycles. The Bertz CT molecular complexity index is 1040. The molecule has 0 aliphatic heterocycles. The van der Waals surface area contributed by atoms with Gasteiger partial charge in [0, 0.05) is 17.4 Å². The number of esters is 1. The zero-order chi connectivity index (χ0) is 18.7. The number of ether oxygens (including phenoxy) is 1. The third-order valence-electron chi connectivity index (χ3n) is 4.06. The van der Waals surface area contributed by atoms with Crippen molar-refractivity contribution in [3.63, 3.8) is 0 Å². The lowest BCUT2D eigenvalue weighted by Gasteiger charge is -2.07. The highest BCUT2D eigenvalue weighted by molar-refractivity contribution is 7.89. The van der Waals surface area contributed by atoms with E-state index in [9.17, 15) is 13.2 Å². The molecular formula is C19H20N2O4S. The van der Waals surface area contributed by atoms with Crippen LogP contribution < -0.4 is 4.72 Å². The molecule has 0 saturated heterocycles. The van der Waals surface area contributed by atoms with E-state index in [1.807, 2.05) is 32.0 Å². The minimum Gasteiger partial charge on any atom is -0.460 e. The van der Waals surface area contributed by atoms with Gasteiger partial charge in [-0.1, -0.05) is 29.8 Å². The van der Waals surface area contributed by atoms with E-state index >= 15 is 0 Å². The number of nitrogens with one attached hydrogen (secondary N) is 2. The lowest BCUT2D eigenvalue weighted by atomic mass is 10.1. The highest BCUT2D eigenvalue weighted by Gasteiger charge is 2.15. The summed E-state index contributed by atoms with van der Waals surface area (Å²) >= 11 is 0. The number of carbonyl (C=O) groups is 1. The number of rotatable bonds is 6. The number of benzene rings is 2. The number of sulfonamides is 1. The summed E-state index contributed by atoms with van der Waals surface area (Å²) in [6.45, 7) is 3.79. The third kappa shape index (κ3) is 3.95. The molecule has 3 rings (SSSR count). The van der Waals surface area contributed by atoms with E-state index in [-0.39, 0.29) is 18.0 Å². The lowest BCUT2D eigenvalue weighted by Crippen LogP contribution is -2.28. The van der Waals surface area contributed by atoms with Crippen LogP contribution >= 0.6 is 0 Å². The summed E-state index contributed by atoms with van der Waals surface area (Å²) in [4.78, 5) is 15.3. The second kappa shape index (κ2) is 7.31. The Balaban J connectivity index is 1.56. The van der Waals surface area contributed by atoms with E-state index < -0.39 is 16.0 Å². The first-order valence-electron chi connectivity index (χ1n) is 8.18. The number of H-pyrrole nitrogens is 1. The van der Waals surface area contributed by atoms with Gasteiger partial charge in [0.1, 0.15) is 12.3 Å². The van der Waals surface area contributed by atoms with Crippen molar-refractivity contribution in [2.24, 2.45) is 0 Å². The number of carbonyl (C=O) groups excluding carboxylic acids is 1. The Morgan fingerprint density at radius 2 is 1.85 bits per heavy atom. The summed E-state index contributed by atoms with van der Waals surface area (Å²) < 4.78 is 31.9. The first-order valence-corrected chi connectivity index (χ1v) is 9.67. The van der Waals surface area contributed by atoms with Crippen molar-refractivity contribution < 1.29 is 17.9 Å². The van der Waals surface area contributed by atoms with Gasteiger partial charge in [-0.25, -0.2) is 17.9 Å². The number of hydrogen-bond acceptors (Lipinski definition) is 4. The fraction of sp³-hybridized carbons (Fsp3) is 0.211. The van der Waals surface area contributed by atoms with Gasteiger partial charge in [-0.3, -0.25) is 0 Å². The molecule has 0 unspecified atom stereocenters. The van der Waals surface area contributed by atoms with Crippen LogP contribution in [0.4, 0.5) is 0 Å². The molecule has 2 N–H and O–H groups in total. The molecule has 0 fully saturated rings. The maximum Gasteiger partial charge on any atom is 0.354 e. The Hall–Kier alpha value is -2.64. The quantitative estimate of drug-likeness (QED) is 0.514. The summed E-state index contributed by atoms with van der Waals surface area (Å²) in [6.07, 6.45) is 0. The fourth-order valence-electron chi connectivity index (χ4n) is 2.61. The van der Waals surface area contributed by atoms with E-state index in [0.29, 0.717) is 5.69 Å². The highest BCUT2D eigenvalue weighted by Crippen LogP contribution is 2.19. The van der Waals surface area contributed by atoms with Gasteiger partial charge in [0.2, 0.25) is 10.0 Å². The van der Waals surface area contributed by atoms with E-state index in [1.54, 1.807) is 18.2 Å². The maximum absolute atomic E-state index is 12.2. The van der Waals surface area contributed by atoms with Crippen LogP contribution in [0.3, 0.4) is 0 Å². The van der Waals surface area contributed by atoms with Crippen LogP contribution in [0.25, 0.3) is 10.9 Å². The van der Waals surface area contributed by atoms with Crippen molar-refractivity contribution in [2.75, 3.05) is 13.2 Å². The molecule has 0 aliphatic rings. The van der Waals surface area contributed by atoms with Gasteiger partial charge < -0.3 is 9.72 Å². The van der Waals surface area contributed by atoms with E-state index in [2.05, 4.69) is 9.71 Å². The van der Waals surface area contributed by atoms with Crippen LogP contribution in [0.1, 0.15) is 21.6 Å². The van der Waals surface area contributed by atoms with Crippen LogP contribution in [0, 0.1) is 13.8 Å². The molecular weight excluding hydrogens is 352 g/mol. The van der Waals surface area contributed by atoms with Crippen molar-refractivity contribution in [3.05, 3.63) is 65.4 Å². The Morgan fingerprint density at radius 1 is 1.12 bits per heavy atom. The Kier molecular flexibility index (Phi) is 5.11. The number of fused-ring (bicyclic) bond motifs is 1. The van der Waals surface area contributed by atoms with E-state index in [1.165, 1.54) is 12.1 Å². The van der Waals surface area contributed by atoms with Crippen molar-refractivity contribution in [3.8, 4) is 0 Å². The number of aromatic amines is 1. The first kappa shape index (κ1) is 18.2. The average molecular weight is 372 g/mol. The molecule has 7 heteroatoms. The summed E-state index contributed by atoms with van der Waals surface area (Å²) in [6, 6.07) is 14.0. The standard InChI is InChI=1S/C19H20N2O4S/c1-13-6-8-15(9-7-13)26(23,24)20-10-11-25-19(22)18-12-16-14(2)4-3-5-17(16)21-18/h3-9,12,20-21H,10-11H2,1-2H3. The monoisotopic (exact) mass is 372 g/mol. The predicted molar refractivity (Wildman–Crippen MR) is 99.7 cm³/mol. The molecule has 0 radical (unpaired) electrons. The topological polar surface area (TPSA) is 88.3 Å². The molecule has 0 saturated carbocycles. The molecule has 0 atom stereocenters. The normalized spacial score (nSPS) is 11.6. The molecule has 26 heavy (non-hydrogen) atoms. The van der Waals surface area contributed by atoms with E-state index in [0.717, 1.165) is 22.0 Å². The van der Waals surface area contributed by atoms with Crippen LogP contribution in [0.15, 0.2) is 53.4 Å². The Labute approximate surface area is 152 Å². The smallest absolute Gasteiger partial charge is 0.354 e. The molecule has 6 nitrogen and oxygen atoms in total. The number of aromatic nitrogens is 1. The SMILES string of the molecule is Cc1ccc(S(=O)(=O)NCCOC(=O)c2cc3c(C)cccc3[nH]2)cc1. The van der Waals surface area contributed by atoms with Crippen LogP contribution in [-0.2, 0) is 14.8 Å². The third-order valence-corrected chi connectivity index (χ3v) is 5.54.